The summed E-state index contributed by atoms with van der Waals surface area (Å²) in [6.45, 7) is 4.30. The zero-order chi connectivity index (χ0) is 12.8. The number of ether oxygens (including phenoxy) is 1. The minimum atomic E-state index is -3.24. The molecule has 17 heavy (non-hydrogen) atoms. The van der Waals surface area contributed by atoms with Crippen LogP contribution in [0.3, 0.4) is 0 Å². The molecule has 94 valence electrons. The molecule has 2 rings (SSSR count). The molecule has 1 aromatic rings. The minimum Gasteiger partial charge on any atom is -0.495 e. The first-order valence-electron chi connectivity index (χ1n) is 5.67. The Morgan fingerprint density at radius 1 is 1.29 bits per heavy atom. The van der Waals surface area contributed by atoms with Crippen LogP contribution in [0.2, 0.25) is 0 Å². The normalized spacial score (nSPS) is 17.9. The Morgan fingerprint density at radius 2 is 1.94 bits per heavy atom. The van der Waals surface area contributed by atoms with Gasteiger partial charge in [-0.1, -0.05) is 13.8 Å². The highest BCUT2D eigenvalue weighted by Gasteiger charge is 2.32. The second-order valence-corrected chi connectivity index (χ2v) is 7.30. The lowest BCUT2D eigenvalue weighted by Gasteiger charge is -2.20. The monoisotopic (exact) mass is 254 g/mol. The predicted molar refractivity (Wildman–Crippen MR) is 67.5 cm³/mol. The van der Waals surface area contributed by atoms with Crippen molar-refractivity contribution in [1.82, 2.24) is 0 Å². The van der Waals surface area contributed by atoms with Crippen LogP contribution in [0.1, 0.15) is 31.4 Å². The molecule has 0 spiro atoms. The Bertz CT molecular complexity index is 556. The van der Waals surface area contributed by atoms with Crippen molar-refractivity contribution < 1.29 is 13.2 Å². The van der Waals surface area contributed by atoms with Gasteiger partial charge < -0.3 is 4.74 Å². The molecule has 1 aliphatic rings. The largest absolute Gasteiger partial charge is 0.495 e. The van der Waals surface area contributed by atoms with Gasteiger partial charge >= 0.3 is 0 Å². The molecule has 4 heteroatoms. The summed E-state index contributed by atoms with van der Waals surface area (Å²) < 4.78 is 28.7. The van der Waals surface area contributed by atoms with Gasteiger partial charge in [-0.3, -0.25) is 0 Å². The van der Waals surface area contributed by atoms with Gasteiger partial charge in [0.05, 0.1) is 7.11 Å². The summed E-state index contributed by atoms with van der Waals surface area (Å²) >= 11 is 0. The molecule has 0 saturated carbocycles. The van der Waals surface area contributed by atoms with E-state index in [9.17, 15) is 8.42 Å². The minimum absolute atomic E-state index is 0.0566. The van der Waals surface area contributed by atoms with Crippen molar-refractivity contribution in [3.8, 4) is 5.75 Å². The van der Waals surface area contributed by atoms with Crippen LogP contribution < -0.4 is 4.74 Å². The van der Waals surface area contributed by atoms with Crippen LogP contribution in [0.25, 0.3) is 0 Å². The molecule has 0 fully saturated rings. The summed E-state index contributed by atoms with van der Waals surface area (Å²) in [5, 5.41) is 0. The van der Waals surface area contributed by atoms with Gasteiger partial charge in [0.25, 0.3) is 0 Å². The lowest BCUT2D eigenvalue weighted by atomic mass is 9.87. The highest BCUT2D eigenvalue weighted by molar-refractivity contribution is 7.90. The van der Waals surface area contributed by atoms with Crippen molar-refractivity contribution in [3.63, 3.8) is 0 Å². The van der Waals surface area contributed by atoms with E-state index in [4.69, 9.17) is 4.74 Å². The van der Waals surface area contributed by atoms with E-state index in [2.05, 4.69) is 13.8 Å². The maximum absolute atomic E-state index is 11.7. The molecule has 0 aromatic heterocycles. The first kappa shape index (κ1) is 12.4. The number of methoxy groups -OCH3 is 1. The van der Waals surface area contributed by atoms with Gasteiger partial charge in [-0.15, -0.1) is 0 Å². The van der Waals surface area contributed by atoms with Crippen molar-refractivity contribution in [1.29, 1.82) is 0 Å². The maximum Gasteiger partial charge on any atom is 0.179 e. The Hall–Kier alpha value is -1.03. The molecule has 0 aliphatic heterocycles. The van der Waals surface area contributed by atoms with E-state index in [1.807, 2.05) is 6.07 Å². The van der Waals surface area contributed by atoms with Gasteiger partial charge in [0.2, 0.25) is 0 Å². The van der Waals surface area contributed by atoms with Crippen LogP contribution >= 0.6 is 0 Å². The van der Waals surface area contributed by atoms with Crippen LogP contribution in [-0.2, 0) is 21.7 Å². The number of benzene rings is 1. The van der Waals surface area contributed by atoms with Crippen molar-refractivity contribution in [3.05, 3.63) is 23.3 Å². The summed E-state index contributed by atoms with van der Waals surface area (Å²) in [5.74, 6) is 0.462. The molecular weight excluding hydrogens is 236 g/mol. The van der Waals surface area contributed by atoms with Crippen molar-refractivity contribution in [2.45, 2.75) is 37.0 Å². The van der Waals surface area contributed by atoms with Gasteiger partial charge in [0.1, 0.15) is 10.6 Å². The fourth-order valence-electron chi connectivity index (χ4n) is 2.47. The van der Waals surface area contributed by atoms with Gasteiger partial charge in [0.15, 0.2) is 9.84 Å². The summed E-state index contributed by atoms with van der Waals surface area (Å²) in [5.41, 5.74) is 2.40. The average molecular weight is 254 g/mol. The second-order valence-electron chi connectivity index (χ2n) is 5.32. The first-order chi connectivity index (χ1) is 7.75. The summed E-state index contributed by atoms with van der Waals surface area (Å²) in [6, 6.07) is 3.66. The summed E-state index contributed by atoms with van der Waals surface area (Å²) in [7, 11) is -1.73. The molecule has 0 heterocycles. The van der Waals surface area contributed by atoms with Gasteiger partial charge in [0, 0.05) is 6.26 Å². The lowest BCUT2D eigenvalue weighted by molar-refractivity contribution is 0.402. The van der Waals surface area contributed by atoms with Crippen molar-refractivity contribution in [2.75, 3.05) is 13.4 Å². The Morgan fingerprint density at radius 3 is 2.47 bits per heavy atom. The van der Waals surface area contributed by atoms with Gasteiger partial charge in [-0.2, -0.15) is 0 Å². The number of hydrogen-bond acceptors (Lipinski definition) is 3. The topological polar surface area (TPSA) is 43.4 Å². The van der Waals surface area contributed by atoms with Crippen LogP contribution in [0.5, 0.6) is 5.75 Å². The highest BCUT2D eigenvalue weighted by Crippen LogP contribution is 2.42. The first-order valence-corrected chi connectivity index (χ1v) is 7.56. The number of hydrogen-bond donors (Lipinski definition) is 0. The molecule has 0 atom stereocenters. The van der Waals surface area contributed by atoms with E-state index >= 15 is 0 Å². The second kappa shape index (κ2) is 3.73. The quantitative estimate of drug-likeness (QED) is 0.813. The molecular formula is C13H18O3S. The van der Waals surface area contributed by atoms with Crippen molar-refractivity contribution >= 4 is 9.84 Å². The van der Waals surface area contributed by atoms with Gasteiger partial charge in [-0.25, -0.2) is 8.42 Å². The number of aryl methyl sites for hydroxylation is 1. The molecule has 0 N–H and O–H groups in total. The number of rotatable bonds is 2. The number of sulfone groups is 1. The van der Waals surface area contributed by atoms with Crippen molar-refractivity contribution in [2.24, 2.45) is 0 Å². The standard InChI is InChI=1S/C13H18O3S/c1-13(2)6-5-9-7-11(16-3)12(8-10(9)13)17(4,14)15/h7-8H,5-6H2,1-4H3. The molecule has 0 radical (unpaired) electrons. The zero-order valence-electron chi connectivity index (χ0n) is 10.7. The third-order valence-corrected chi connectivity index (χ3v) is 4.66. The van der Waals surface area contributed by atoms with Gasteiger partial charge in [-0.05, 0) is 41.5 Å². The predicted octanol–water partition coefficient (Wildman–Crippen LogP) is 2.32. The molecule has 0 unspecified atom stereocenters. The molecule has 0 amide bonds. The fraction of sp³-hybridized carbons (Fsp3) is 0.538. The van der Waals surface area contributed by atoms with E-state index < -0.39 is 9.84 Å². The zero-order valence-corrected chi connectivity index (χ0v) is 11.5. The fourth-order valence-corrected chi connectivity index (χ4v) is 3.31. The van der Waals surface area contributed by atoms with Crippen LogP contribution in [0, 0.1) is 0 Å². The van der Waals surface area contributed by atoms with Crippen LogP contribution in [0.4, 0.5) is 0 Å². The highest BCUT2D eigenvalue weighted by atomic mass is 32.2. The van der Waals surface area contributed by atoms with E-state index in [-0.39, 0.29) is 5.41 Å². The Kier molecular flexibility index (Phi) is 2.73. The molecule has 0 bridgehead atoms. The van der Waals surface area contributed by atoms with E-state index in [0.717, 1.165) is 18.4 Å². The molecule has 1 aromatic carbocycles. The van der Waals surface area contributed by atoms with Crippen LogP contribution in [-0.4, -0.2) is 21.8 Å². The molecule has 0 saturated heterocycles. The Balaban J connectivity index is 2.71. The van der Waals surface area contributed by atoms with Crippen LogP contribution in [0.15, 0.2) is 17.0 Å². The third kappa shape index (κ3) is 2.06. The smallest absolute Gasteiger partial charge is 0.179 e. The summed E-state index contributed by atoms with van der Waals surface area (Å²) in [4.78, 5) is 0.300. The number of fused-ring (bicyclic) bond motifs is 1. The van der Waals surface area contributed by atoms with E-state index in [1.165, 1.54) is 18.9 Å². The third-order valence-electron chi connectivity index (χ3n) is 3.54. The SMILES string of the molecule is COc1cc2c(cc1S(C)(=O)=O)C(C)(C)CC2. The molecule has 3 nitrogen and oxygen atoms in total. The maximum atomic E-state index is 11.7. The lowest BCUT2D eigenvalue weighted by Crippen LogP contribution is -2.13. The van der Waals surface area contributed by atoms with E-state index in [0.29, 0.717) is 10.6 Å². The molecule has 1 aliphatic carbocycles. The Labute approximate surface area is 103 Å². The average Bonchev–Trinajstić information content (AvgIpc) is 2.51. The summed E-state index contributed by atoms with van der Waals surface area (Å²) in [6.07, 6.45) is 3.26. The van der Waals surface area contributed by atoms with E-state index in [1.54, 1.807) is 6.07 Å².